The number of para-hydroxylation sites is 1. The van der Waals surface area contributed by atoms with E-state index in [0.717, 1.165) is 11.4 Å². The summed E-state index contributed by atoms with van der Waals surface area (Å²) >= 11 is 0. The molecule has 6 nitrogen and oxygen atoms in total. The standard InChI is InChI=1S/C18H16N4O2/c1-24-15-9-7-14(8-10-15)19-17-12-11-16(21-22-17)18(23)20-13-5-3-2-4-6-13/h2-12H,1H3,(H,19,22)(H,20,23). The number of carbonyl (C=O) groups excluding carboxylic acids is 1. The molecule has 24 heavy (non-hydrogen) atoms. The quantitative estimate of drug-likeness (QED) is 0.752. The summed E-state index contributed by atoms with van der Waals surface area (Å²) in [5.41, 5.74) is 1.82. The first kappa shape index (κ1) is 15.5. The van der Waals surface area contributed by atoms with Crippen LogP contribution in [0.3, 0.4) is 0 Å². The second-order valence-corrected chi connectivity index (χ2v) is 4.98. The molecule has 0 fully saturated rings. The number of aromatic nitrogens is 2. The first-order valence-electron chi connectivity index (χ1n) is 7.36. The number of hydrogen-bond donors (Lipinski definition) is 2. The van der Waals surface area contributed by atoms with E-state index in [9.17, 15) is 4.79 Å². The van der Waals surface area contributed by atoms with Gasteiger partial charge in [0.1, 0.15) is 5.75 Å². The van der Waals surface area contributed by atoms with Crippen LogP contribution < -0.4 is 15.4 Å². The van der Waals surface area contributed by atoms with Crippen LogP contribution in [0.2, 0.25) is 0 Å². The summed E-state index contributed by atoms with van der Waals surface area (Å²) in [7, 11) is 1.62. The lowest BCUT2D eigenvalue weighted by Gasteiger charge is -2.07. The van der Waals surface area contributed by atoms with Gasteiger partial charge in [-0.3, -0.25) is 4.79 Å². The van der Waals surface area contributed by atoms with Gasteiger partial charge in [-0.2, -0.15) is 0 Å². The molecule has 0 saturated heterocycles. The van der Waals surface area contributed by atoms with E-state index in [1.165, 1.54) is 0 Å². The van der Waals surface area contributed by atoms with Crippen LogP contribution in [0.4, 0.5) is 17.2 Å². The number of nitrogens with one attached hydrogen (secondary N) is 2. The van der Waals surface area contributed by atoms with Crippen LogP contribution in [0.25, 0.3) is 0 Å². The van der Waals surface area contributed by atoms with Crippen LogP contribution in [0, 0.1) is 0 Å². The molecule has 0 spiro atoms. The number of nitrogens with zero attached hydrogens (tertiary/aromatic N) is 2. The minimum atomic E-state index is -0.301. The fraction of sp³-hybridized carbons (Fsp3) is 0.0556. The van der Waals surface area contributed by atoms with E-state index in [4.69, 9.17) is 4.74 Å². The van der Waals surface area contributed by atoms with Gasteiger partial charge in [-0.25, -0.2) is 0 Å². The van der Waals surface area contributed by atoms with Crippen molar-refractivity contribution >= 4 is 23.1 Å². The van der Waals surface area contributed by atoms with Gasteiger partial charge in [-0.05, 0) is 48.5 Å². The Balaban J connectivity index is 1.65. The molecule has 1 amide bonds. The van der Waals surface area contributed by atoms with Crippen LogP contribution in [0.15, 0.2) is 66.7 Å². The highest BCUT2D eigenvalue weighted by Crippen LogP contribution is 2.18. The smallest absolute Gasteiger partial charge is 0.276 e. The van der Waals surface area contributed by atoms with Crippen molar-refractivity contribution in [2.24, 2.45) is 0 Å². The van der Waals surface area contributed by atoms with Crippen molar-refractivity contribution in [1.29, 1.82) is 0 Å². The maximum Gasteiger partial charge on any atom is 0.276 e. The van der Waals surface area contributed by atoms with Gasteiger partial charge in [0.25, 0.3) is 5.91 Å². The summed E-state index contributed by atoms with van der Waals surface area (Å²) in [4.78, 5) is 12.1. The third kappa shape index (κ3) is 3.86. The number of hydrogen-bond acceptors (Lipinski definition) is 5. The molecule has 1 heterocycles. The van der Waals surface area contributed by atoms with Crippen LogP contribution in [-0.4, -0.2) is 23.2 Å². The molecule has 1 aromatic heterocycles. The zero-order chi connectivity index (χ0) is 16.8. The molecule has 120 valence electrons. The first-order valence-corrected chi connectivity index (χ1v) is 7.36. The normalized spacial score (nSPS) is 10.0. The maximum absolute atomic E-state index is 12.1. The van der Waals surface area contributed by atoms with E-state index in [1.807, 2.05) is 54.6 Å². The van der Waals surface area contributed by atoms with Crippen LogP contribution >= 0.6 is 0 Å². The molecular weight excluding hydrogens is 304 g/mol. The average molecular weight is 320 g/mol. The molecule has 0 aliphatic rings. The van der Waals surface area contributed by atoms with Crippen LogP contribution in [0.1, 0.15) is 10.5 Å². The molecule has 0 saturated carbocycles. The van der Waals surface area contributed by atoms with Crippen molar-refractivity contribution < 1.29 is 9.53 Å². The van der Waals surface area contributed by atoms with E-state index in [0.29, 0.717) is 11.5 Å². The van der Waals surface area contributed by atoms with Crippen molar-refractivity contribution in [3.63, 3.8) is 0 Å². The Morgan fingerprint density at radius 1 is 0.875 bits per heavy atom. The van der Waals surface area contributed by atoms with Gasteiger partial charge < -0.3 is 15.4 Å². The SMILES string of the molecule is COc1ccc(Nc2ccc(C(=O)Nc3ccccc3)nn2)cc1. The lowest BCUT2D eigenvalue weighted by molar-refractivity contribution is 0.102. The zero-order valence-electron chi connectivity index (χ0n) is 13.1. The number of benzene rings is 2. The Labute approximate surface area is 139 Å². The van der Waals surface area contributed by atoms with Crippen LogP contribution in [0.5, 0.6) is 5.75 Å². The van der Waals surface area contributed by atoms with Crippen LogP contribution in [-0.2, 0) is 0 Å². The number of ether oxygens (including phenoxy) is 1. The summed E-state index contributed by atoms with van der Waals surface area (Å²) in [5.74, 6) is 1.03. The van der Waals surface area contributed by atoms with E-state index in [-0.39, 0.29) is 11.6 Å². The van der Waals surface area contributed by atoms with E-state index >= 15 is 0 Å². The Bertz CT molecular complexity index is 803. The van der Waals surface area contributed by atoms with Crippen molar-refractivity contribution in [1.82, 2.24) is 10.2 Å². The largest absolute Gasteiger partial charge is 0.497 e. The van der Waals surface area contributed by atoms with Gasteiger partial charge in [0.15, 0.2) is 11.5 Å². The highest BCUT2D eigenvalue weighted by Gasteiger charge is 2.08. The molecule has 2 N–H and O–H groups in total. The summed E-state index contributed by atoms with van der Waals surface area (Å²) in [6, 6.07) is 20.0. The highest BCUT2D eigenvalue weighted by atomic mass is 16.5. The Morgan fingerprint density at radius 2 is 1.62 bits per heavy atom. The highest BCUT2D eigenvalue weighted by molar-refractivity contribution is 6.02. The van der Waals surface area contributed by atoms with Crippen molar-refractivity contribution in [2.45, 2.75) is 0 Å². The molecule has 6 heteroatoms. The third-order valence-corrected chi connectivity index (χ3v) is 3.29. The minimum absolute atomic E-state index is 0.249. The molecule has 0 bridgehead atoms. The van der Waals surface area contributed by atoms with Crippen molar-refractivity contribution in [3.8, 4) is 5.75 Å². The summed E-state index contributed by atoms with van der Waals surface area (Å²) < 4.78 is 5.11. The van der Waals surface area contributed by atoms with Gasteiger partial charge in [0.2, 0.25) is 0 Å². The van der Waals surface area contributed by atoms with Gasteiger partial charge in [0, 0.05) is 11.4 Å². The van der Waals surface area contributed by atoms with Gasteiger partial charge in [0.05, 0.1) is 7.11 Å². The molecule has 0 atom stereocenters. The molecular formula is C18H16N4O2. The molecule has 0 aliphatic heterocycles. The molecule has 0 radical (unpaired) electrons. The number of anilines is 3. The topological polar surface area (TPSA) is 76.1 Å². The lowest BCUT2D eigenvalue weighted by atomic mass is 10.3. The predicted molar refractivity (Wildman–Crippen MR) is 92.7 cm³/mol. The van der Waals surface area contributed by atoms with Gasteiger partial charge in [-0.1, -0.05) is 18.2 Å². The van der Waals surface area contributed by atoms with E-state index in [2.05, 4.69) is 20.8 Å². The molecule has 3 rings (SSSR count). The van der Waals surface area contributed by atoms with E-state index < -0.39 is 0 Å². The molecule has 0 unspecified atom stereocenters. The molecule has 2 aromatic carbocycles. The number of amides is 1. The van der Waals surface area contributed by atoms with E-state index in [1.54, 1.807) is 19.2 Å². The Kier molecular flexibility index (Phi) is 4.67. The second-order valence-electron chi connectivity index (χ2n) is 4.98. The van der Waals surface area contributed by atoms with Crippen molar-refractivity contribution in [2.75, 3.05) is 17.7 Å². The number of methoxy groups -OCH3 is 1. The van der Waals surface area contributed by atoms with Crippen molar-refractivity contribution in [3.05, 3.63) is 72.4 Å². The second kappa shape index (κ2) is 7.23. The minimum Gasteiger partial charge on any atom is -0.497 e. The lowest BCUT2D eigenvalue weighted by Crippen LogP contribution is -2.14. The third-order valence-electron chi connectivity index (χ3n) is 3.29. The van der Waals surface area contributed by atoms with Gasteiger partial charge >= 0.3 is 0 Å². The van der Waals surface area contributed by atoms with Gasteiger partial charge in [-0.15, -0.1) is 10.2 Å². The summed E-state index contributed by atoms with van der Waals surface area (Å²) in [5, 5.41) is 13.9. The predicted octanol–water partition coefficient (Wildman–Crippen LogP) is 3.48. The average Bonchev–Trinajstić information content (AvgIpc) is 2.64. The molecule has 3 aromatic rings. The Hall–Kier alpha value is -3.41. The fourth-order valence-electron chi connectivity index (χ4n) is 2.06. The maximum atomic E-state index is 12.1. The number of carbonyl (C=O) groups is 1. The Morgan fingerprint density at radius 3 is 2.25 bits per heavy atom. The zero-order valence-corrected chi connectivity index (χ0v) is 13.1. The fourth-order valence-corrected chi connectivity index (χ4v) is 2.06. The molecule has 0 aliphatic carbocycles. The monoisotopic (exact) mass is 320 g/mol. The first-order chi connectivity index (χ1) is 11.7. The number of rotatable bonds is 5. The summed E-state index contributed by atoms with van der Waals surface area (Å²) in [6.45, 7) is 0. The summed E-state index contributed by atoms with van der Waals surface area (Å²) in [6.07, 6.45) is 0.